The van der Waals surface area contributed by atoms with Crippen LogP contribution in [0.4, 0.5) is 10.5 Å². The van der Waals surface area contributed by atoms with Crippen molar-refractivity contribution in [1.29, 1.82) is 0 Å². The lowest BCUT2D eigenvalue weighted by atomic mass is 10.3. The number of carbonyl (C=O) groups is 1. The quantitative estimate of drug-likeness (QED) is 0.709. The third kappa shape index (κ3) is 10.7. The van der Waals surface area contributed by atoms with Crippen molar-refractivity contribution in [3.8, 4) is 23.7 Å². The van der Waals surface area contributed by atoms with Crippen LogP contribution in [0.5, 0.6) is 0 Å². The van der Waals surface area contributed by atoms with E-state index in [0.29, 0.717) is 6.61 Å². The van der Waals surface area contributed by atoms with Gasteiger partial charge in [-0.2, -0.15) is 0 Å². The van der Waals surface area contributed by atoms with Crippen molar-refractivity contribution in [1.82, 2.24) is 0 Å². The second-order valence-electron chi connectivity index (χ2n) is 3.13. The Kier molecular flexibility index (Phi) is 11.4. The van der Waals surface area contributed by atoms with Crippen molar-refractivity contribution in [3.05, 3.63) is 30.3 Å². The summed E-state index contributed by atoms with van der Waals surface area (Å²) in [7, 11) is 0. The molecule has 0 bridgehead atoms. The molecular formula is C15H17NO4. The average Bonchev–Trinajstić information content (AvgIpc) is 2.46. The minimum absolute atomic E-state index is 0.180. The number of nitrogens with one attached hydrogen (secondary N) is 1. The Labute approximate surface area is 118 Å². The predicted molar refractivity (Wildman–Crippen MR) is 76.8 cm³/mol. The van der Waals surface area contributed by atoms with E-state index in [-0.39, 0.29) is 13.2 Å². The zero-order valence-corrected chi connectivity index (χ0v) is 11.2. The molecule has 0 aliphatic heterocycles. The maximum atomic E-state index is 10.9. The molecule has 0 saturated heterocycles. The summed E-state index contributed by atoms with van der Waals surface area (Å²) in [4.78, 5) is 10.9. The average molecular weight is 275 g/mol. The van der Waals surface area contributed by atoms with E-state index in [4.69, 9.17) is 14.9 Å². The summed E-state index contributed by atoms with van der Waals surface area (Å²) in [5.74, 6) is 9.24. The normalized spacial score (nSPS) is 7.75. The van der Waals surface area contributed by atoms with Gasteiger partial charge in [0.05, 0.1) is 6.61 Å². The first-order valence-corrected chi connectivity index (χ1v) is 5.90. The van der Waals surface area contributed by atoms with Gasteiger partial charge in [-0.05, 0) is 30.9 Å². The fraction of sp³-hybridized carbons (Fsp3) is 0.267. The van der Waals surface area contributed by atoms with Gasteiger partial charge in [0.1, 0.15) is 13.2 Å². The number of aliphatic hydroxyl groups excluding tert-OH is 2. The maximum Gasteiger partial charge on any atom is 0.411 e. The van der Waals surface area contributed by atoms with Gasteiger partial charge in [-0.1, -0.05) is 30.0 Å². The van der Waals surface area contributed by atoms with Crippen LogP contribution in [0.3, 0.4) is 0 Å². The van der Waals surface area contributed by atoms with Gasteiger partial charge in [-0.25, -0.2) is 4.79 Å². The molecule has 0 saturated carbocycles. The minimum Gasteiger partial charge on any atom is -0.450 e. The van der Waals surface area contributed by atoms with Crippen molar-refractivity contribution in [3.63, 3.8) is 0 Å². The van der Waals surface area contributed by atoms with Crippen LogP contribution in [0.15, 0.2) is 30.3 Å². The molecule has 0 aliphatic rings. The Hall–Kier alpha value is -2.47. The Morgan fingerprint density at radius 1 is 1.15 bits per heavy atom. The van der Waals surface area contributed by atoms with Crippen molar-refractivity contribution < 1.29 is 19.7 Å². The lowest BCUT2D eigenvalue weighted by Crippen LogP contribution is -2.12. The van der Waals surface area contributed by atoms with Crippen molar-refractivity contribution in [2.75, 3.05) is 25.1 Å². The predicted octanol–water partition coefficient (Wildman–Crippen LogP) is 1.23. The molecule has 1 aromatic carbocycles. The fourth-order valence-corrected chi connectivity index (χ4v) is 0.974. The Balaban J connectivity index is 0.000000396. The van der Waals surface area contributed by atoms with E-state index in [0.717, 1.165) is 5.69 Å². The van der Waals surface area contributed by atoms with Gasteiger partial charge in [0.15, 0.2) is 0 Å². The number of para-hydroxylation sites is 1. The van der Waals surface area contributed by atoms with Crippen LogP contribution in [-0.4, -0.2) is 36.1 Å². The molecule has 1 aromatic rings. The summed E-state index contributed by atoms with van der Waals surface area (Å²) in [6.07, 6.45) is -0.413. The van der Waals surface area contributed by atoms with Gasteiger partial charge in [-0.3, -0.25) is 5.32 Å². The second kappa shape index (κ2) is 13.0. The van der Waals surface area contributed by atoms with E-state index in [1.54, 1.807) is 19.1 Å². The van der Waals surface area contributed by atoms with Gasteiger partial charge in [-0.15, -0.1) is 0 Å². The summed E-state index contributed by atoms with van der Waals surface area (Å²) < 4.78 is 4.70. The van der Waals surface area contributed by atoms with Gasteiger partial charge in [0.25, 0.3) is 0 Å². The molecule has 0 radical (unpaired) electrons. The fourth-order valence-electron chi connectivity index (χ4n) is 0.974. The molecular weight excluding hydrogens is 258 g/mol. The molecule has 3 N–H and O–H groups in total. The molecule has 0 unspecified atom stereocenters. The Bertz CT molecular complexity index is 471. The largest absolute Gasteiger partial charge is 0.450 e. The number of aliphatic hydroxyl groups is 2. The molecule has 0 aliphatic carbocycles. The van der Waals surface area contributed by atoms with Gasteiger partial charge in [0, 0.05) is 5.69 Å². The molecule has 0 fully saturated rings. The molecule has 20 heavy (non-hydrogen) atoms. The molecule has 0 spiro atoms. The van der Waals surface area contributed by atoms with E-state index in [9.17, 15) is 4.79 Å². The number of anilines is 1. The molecule has 1 amide bonds. The van der Waals surface area contributed by atoms with Gasteiger partial charge in [0.2, 0.25) is 0 Å². The summed E-state index contributed by atoms with van der Waals surface area (Å²) in [5.41, 5.74) is 0.746. The van der Waals surface area contributed by atoms with E-state index >= 15 is 0 Å². The lowest BCUT2D eigenvalue weighted by molar-refractivity contribution is 0.168. The summed E-state index contributed by atoms with van der Waals surface area (Å²) >= 11 is 0. The van der Waals surface area contributed by atoms with Crippen molar-refractivity contribution in [2.24, 2.45) is 0 Å². The number of hydrogen-bond acceptors (Lipinski definition) is 4. The first kappa shape index (κ1) is 17.5. The number of benzene rings is 1. The topological polar surface area (TPSA) is 78.8 Å². The minimum atomic E-state index is -0.413. The van der Waals surface area contributed by atoms with Gasteiger partial charge >= 0.3 is 6.09 Å². The zero-order chi connectivity index (χ0) is 15.1. The molecule has 1 rings (SSSR count). The second-order valence-corrected chi connectivity index (χ2v) is 3.13. The highest BCUT2D eigenvalue weighted by molar-refractivity contribution is 5.84. The smallest absolute Gasteiger partial charge is 0.411 e. The number of ether oxygens (including phenoxy) is 1. The molecule has 5 nitrogen and oxygen atoms in total. The summed E-state index contributed by atoms with van der Waals surface area (Å²) in [6.45, 7) is 1.80. The highest BCUT2D eigenvalue weighted by atomic mass is 16.5. The van der Waals surface area contributed by atoms with E-state index in [1.165, 1.54) is 0 Å². The number of carbonyl (C=O) groups excluding carboxylic acids is 1. The van der Waals surface area contributed by atoms with Crippen LogP contribution in [-0.2, 0) is 4.74 Å². The first-order chi connectivity index (χ1) is 9.74. The van der Waals surface area contributed by atoms with Crippen LogP contribution in [0.1, 0.15) is 6.92 Å². The third-order valence-electron chi connectivity index (χ3n) is 1.69. The molecule has 0 heterocycles. The lowest BCUT2D eigenvalue weighted by Gasteiger charge is -2.03. The van der Waals surface area contributed by atoms with Crippen LogP contribution >= 0.6 is 0 Å². The van der Waals surface area contributed by atoms with E-state index in [2.05, 4.69) is 29.0 Å². The number of rotatable bonds is 2. The standard InChI is InChI=1S/C9H11NO2.C6H6O2/c1-2-12-9(11)10-8-6-4-3-5-7-8;7-5-3-1-2-4-6-8/h3-7H,2H2,1H3,(H,10,11);7-8H,5-6H2. The van der Waals surface area contributed by atoms with E-state index in [1.807, 2.05) is 18.2 Å². The number of amides is 1. The SMILES string of the molecule is CCOC(=O)Nc1ccccc1.OCC#CC#CCO. The molecule has 0 aromatic heterocycles. The Morgan fingerprint density at radius 2 is 1.70 bits per heavy atom. The molecule has 0 atom stereocenters. The van der Waals surface area contributed by atoms with Crippen molar-refractivity contribution in [2.45, 2.75) is 6.92 Å². The first-order valence-electron chi connectivity index (χ1n) is 5.90. The monoisotopic (exact) mass is 275 g/mol. The zero-order valence-electron chi connectivity index (χ0n) is 11.2. The maximum absolute atomic E-state index is 10.9. The Morgan fingerprint density at radius 3 is 2.15 bits per heavy atom. The highest BCUT2D eigenvalue weighted by Gasteiger charge is 1.98. The highest BCUT2D eigenvalue weighted by Crippen LogP contribution is 2.04. The number of hydrogen-bond donors (Lipinski definition) is 3. The van der Waals surface area contributed by atoms with Crippen LogP contribution < -0.4 is 5.32 Å². The van der Waals surface area contributed by atoms with E-state index < -0.39 is 6.09 Å². The van der Waals surface area contributed by atoms with Crippen LogP contribution in [0.2, 0.25) is 0 Å². The summed E-state index contributed by atoms with van der Waals surface area (Å²) in [5, 5.41) is 18.7. The molecule has 5 heteroatoms. The van der Waals surface area contributed by atoms with Crippen LogP contribution in [0.25, 0.3) is 0 Å². The third-order valence-corrected chi connectivity index (χ3v) is 1.69. The van der Waals surface area contributed by atoms with Gasteiger partial charge < -0.3 is 14.9 Å². The molecule has 106 valence electrons. The van der Waals surface area contributed by atoms with Crippen LogP contribution in [0, 0.1) is 23.7 Å². The summed E-state index contributed by atoms with van der Waals surface area (Å²) in [6, 6.07) is 9.19. The van der Waals surface area contributed by atoms with Crippen molar-refractivity contribution >= 4 is 11.8 Å².